The number of esters is 1. The summed E-state index contributed by atoms with van der Waals surface area (Å²) in [7, 11) is -1.68. The van der Waals surface area contributed by atoms with Gasteiger partial charge < -0.3 is 44.9 Å². The Bertz CT molecular complexity index is 1170. The quantitative estimate of drug-likeness (QED) is 0.138. The number of hydrogen-bond donors (Lipinski definition) is 5. The molecular weight excluding hydrogens is 577 g/mol. The molecule has 1 fully saturated rings. The van der Waals surface area contributed by atoms with Gasteiger partial charge in [0.25, 0.3) is 0 Å². The van der Waals surface area contributed by atoms with Crippen molar-refractivity contribution in [3.05, 3.63) is 35.9 Å². The number of likely N-dealkylation sites (tertiary alicyclic amines) is 1. The minimum absolute atomic E-state index is 0.0534. The second kappa shape index (κ2) is 15.2. The minimum atomic E-state index is -2.02. The van der Waals surface area contributed by atoms with E-state index in [0.29, 0.717) is 5.56 Å². The molecule has 0 bridgehead atoms. The van der Waals surface area contributed by atoms with E-state index >= 15 is 0 Å². The van der Waals surface area contributed by atoms with Crippen molar-refractivity contribution >= 4 is 37.2 Å². The van der Waals surface area contributed by atoms with Gasteiger partial charge in [-0.05, 0) is 65.8 Å². The fraction of sp³-hybridized carbons (Fsp3) is 0.621. The van der Waals surface area contributed by atoms with Crippen molar-refractivity contribution in [2.75, 3.05) is 13.1 Å². The summed E-state index contributed by atoms with van der Waals surface area (Å²) in [6, 6.07) is 7.31. The van der Waals surface area contributed by atoms with E-state index in [1.54, 1.807) is 71.9 Å². The van der Waals surface area contributed by atoms with E-state index in [9.17, 15) is 39.1 Å². The van der Waals surface area contributed by atoms with E-state index in [0.717, 1.165) is 4.90 Å². The first-order valence-corrected chi connectivity index (χ1v) is 14.4. The van der Waals surface area contributed by atoms with Crippen LogP contribution in [0.4, 0.5) is 9.59 Å². The van der Waals surface area contributed by atoms with Crippen LogP contribution in [0.15, 0.2) is 30.3 Å². The van der Waals surface area contributed by atoms with Gasteiger partial charge in [0.1, 0.15) is 23.9 Å². The number of ether oxygens (including phenoxy) is 3. The first kappa shape index (κ1) is 36.3. The van der Waals surface area contributed by atoms with Crippen LogP contribution in [0.3, 0.4) is 0 Å². The van der Waals surface area contributed by atoms with Crippen molar-refractivity contribution in [3.8, 4) is 0 Å². The molecule has 14 nitrogen and oxygen atoms in total. The predicted octanol–water partition coefficient (Wildman–Crippen LogP) is 2.07. The van der Waals surface area contributed by atoms with Gasteiger partial charge in [0.05, 0.1) is 13.0 Å². The maximum atomic E-state index is 13.9. The van der Waals surface area contributed by atoms with Crippen LogP contribution in [0, 0.1) is 5.92 Å². The summed E-state index contributed by atoms with van der Waals surface area (Å²) in [5, 5.41) is 34.0. The van der Waals surface area contributed by atoms with Crippen LogP contribution in [0.2, 0.25) is 6.32 Å². The Labute approximate surface area is 257 Å². The van der Waals surface area contributed by atoms with Gasteiger partial charge in [-0.2, -0.15) is 0 Å². The Morgan fingerprint density at radius 3 is 2.14 bits per heavy atom. The second-order valence-electron chi connectivity index (χ2n) is 12.9. The van der Waals surface area contributed by atoms with E-state index in [-0.39, 0.29) is 32.3 Å². The Hall–Kier alpha value is -3.85. The molecular formula is C29H44BN3O11. The Kier molecular flexibility index (Phi) is 12.6. The van der Waals surface area contributed by atoms with Crippen LogP contribution in [-0.2, 0) is 35.2 Å². The molecule has 0 aromatic heterocycles. The highest BCUT2D eigenvalue weighted by atomic mass is 16.6. The largest absolute Gasteiger partial charge is 0.479 e. The number of nitrogens with zero attached hydrogens (tertiary/aromatic N) is 1. The van der Waals surface area contributed by atoms with Gasteiger partial charge in [0.15, 0.2) is 5.54 Å². The first-order chi connectivity index (χ1) is 20.3. The molecule has 1 heterocycles. The van der Waals surface area contributed by atoms with Gasteiger partial charge in [-0.25, -0.2) is 14.4 Å². The van der Waals surface area contributed by atoms with Crippen LogP contribution < -0.4 is 10.6 Å². The summed E-state index contributed by atoms with van der Waals surface area (Å²) < 4.78 is 15.9. The highest BCUT2D eigenvalue weighted by Crippen LogP contribution is 2.31. The summed E-state index contributed by atoms with van der Waals surface area (Å²) in [4.78, 5) is 66.0. The van der Waals surface area contributed by atoms with Crippen LogP contribution >= 0.6 is 0 Å². The Morgan fingerprint density at radius 1 is 1.00 bits per heavy atom. The number of rotatable bonds is 11. The van der Waals surface area contributed by atoms with Gasteiger partial charge in [-0.3, -0.25) is 9.59 Å². The third kappa shape index (κ3) is 12.4. The monoisotopic (exact) mass is 621 g/mol. The smallest absolute Gasteiger partial charge is 0.451 e. The number of hydrogen-bond acceptors (Lipinski definition) is 10. The molecule has 3 atom stereocenters. The molecule has 0 unspecified atom stereocenters. The summed E-state index contributed by atoms with van der Waals surface area (Å²) in [6.45, 7) is 9.00. The highest BCUT2D eigenvalue weighted by molar-refractivity contribution is 6.40. The van der Waals surface area contributed by atoms with Crippen LogP contribution in [0.5, 0.6) is 0 Å². The van der Waals surface area contributed by atoms with Gasteiger partial charge >= 0.3 is 31.2 Å². The first-order valence-electron chi connectivity index (χ1n) is 14.4. The predicted molar refractivity (Wildman–Crippen MR) is 158 cm³/mol. The number of piperidine rings is 1. The second-order valence-corrected chi connectivity index (χ2v) is 12.9. The van der Waals surface area contributed by atoms with Crippen molar-refractivity contribution in [1.82, 2.24) is 15.5 Å². The zero-order valence-electron chi connectivity index (χ0n) is 26.1. The maximum absolute atomic E-state index is 13.9. The van der Waals surface area contributed by atoms with Crippen molar-refractivity contribution in [2.45, 2.75) is 96.5 Å². The lowest BCUT2D eigenvalue weighted by Gasteiger charge is -2.45. The Morgan fingerprint density at radius 2 is 1.59 bits per heavy atom. The van der Waals surface area contributed by atoms with E-state index in [1.165, 1.54) is 0 Å². The fourth-order valence-electron chi connectivity index (χ4n) is 4.70. The summed E-state index contributed by atoms with van der Waals surface area (Å²) in [5.74, 6) is -3.70. The molecule has 5 N–H and O–H groups in total. The molecule has 0 spiro atoms. The molecule has 44 heavy (non-hydrogen) atoms. The average Bonchev–Trinajstić information content (AvgIpc) is 2.88. The van der Waals surface area contributed by atoms with Gasteiger partial charge in [-0.1, -0.05) is 36.8 Å². The molecule has 1 aromatic carbocycles. The number of benzene rings is 1. The lowest BCUT2D eigenvalue weighted by molar-refractivity contribution is -0.154. The summed E-state index contributed by atoms with van der Waals surface area (Å²) in [5.41, 5.74) is -3.20. The summed E-state index contributed by atoms with van der Waals surface area (Å²) in [6.07, 6.45) is -2.79. The van der Waals surface area contributed by atoms with Gasteiger partial charge in [-0.15, -0.1) is 0 Å². The summed E-state index contributed by atoms with van der Waals surface area (Å²) >= 11 is 0. The number of alkyl carbamates (subject to hydrolysis) is 2. The van der Waals surface area contributed by atoms with E-state index in [2.05, 4.69) is 10.6 Å². The number of carboxylic acid groups (broad SMARTS) is 1. The minimum Gasteiger partial charge on any atom is -0.479 e. The molecule has 1 saturated heterocycles. The number of aliphatic carboxylic acids is 1. The highest BCUT2D eigenvalue weighted by Gasteiger charge is 2.50. The maximum Gasteiger partial charge on any atom is 0.451 e. The van der Waals surface area contributed by atoms with Crippen molar-refractivity contribution < 1.29 is 53.3 Å². The van der Waals surface area contributed by atoms with Gasteiger partial charge in [0.2, 0.25) is 5.91 Å². The molecule has 1 aliphatic heterocycles. The molecule has 1 aliphatic rings. The molecule has 0 radical (unpaired) electrons. The van der Waals surface area contributed by atoms with Crippen molar-refractivity contribution in [1.29, 1.82) is 0 Å². The topological polar surface area (TPSA) is 201 Å². The lowest BCUT2D eigenvalue weighted by Crippen LogP contribution is -2.67. The molecule has 0 aliphatic carbocycles. The van der Waals surface area contributed by atoms with Crippen LogP contribution in [0.25, 0.3) is 0 Å². The third-order valence-electron chi connectivity index (χ3n) is 6.47. The molecule has 244 valence electrons. The standard InChI is InChI=1S/C29H44BN3O11/c1-27(2,3)43-25(38)31-21(14-22(34)42-17-19-10-8-7-9-11-19)23(35)33-16-20(12-13-30(40)41)15-29(18-33,24(36)37)32-26(39)44-28(4,5)6/h7-11,20-21,40-41H,12-18H2,1-6H3,(H,31,38)(H,32,39)(H,36,37)/t20-,21-,29+/m0/s1. The van der Waals surface area contributed by atoms with Crippen LogP contribution in [-0.4, -0.2) is 93.1 Å². The fourth-order valence-corrected chi connectivity index (χ4v) is 4.70. The number of carboxylic acids is 1. The number of carbonyl (C=O) groups excluding carboxylic acids is 4. The zero-order chi connectivity index (χ0) is 33.3. The Balaban J connectivity index is 2.37. The van der Waals surface area contributed by atoms with E-state index < -0.39 is 78.8 Å². The number of carbonyl (C=O) groups is 5. The number of amides is 3. The molecule has 2 rings (SSSR count). The lowest BCUT2D eigenvalue weighted by atomic mass is 9.75. The molecule has 15 heteroatoms. The number of nitrogens with one attached hydrogen (secondary N) is 2. The zero-order valence-corrected chi connectivity index (χ0v) is 26.1. The average molecular weight is 621 g/mol. The SMILES string of the molecule is CC(C)(C)OC(=O)N[C@@H](CC(=O)OCc1ccccc1)C(=O)N1C[C@@H](CCB(O)O)C[C@](NC(=O)OC(C)(C)C)(C(=O)O)C1. The normalized spacial score (nSPS) is 19.3. The van der Waals surface area contributed by atoms with E-state index in [1.807, 2.05) is 0 Å². The van der Waals surface area contributed by atoms with Gasteiger partial charge in [0, 0.05) is 6.54 Å². The third-order valence-corrected chi connectivity index (χ3v) is 6.47. The van der Waals surface area contributed by atoms with Crippen molar-refractivity contribution in [2.24, 2.45) is 5.92 Å². The molecule has 1 aromatic rings. The van der Waals surface area contributed by atoms with E-state index in [4.69, 9.17) is 14.2 Å². The van der Waals surface area contributed by atoms with Crippen LogP contribution in [0.1, 0.15) is 66.4 Å². The molecule has 0 saturated carbocycles. The molecule has 3 amide bonds. The van der Waals surface area contributed by atoms with Crippen molar-refractivity contribution in [3.63, 3.8) is 0 Å².